The van der Waals surface area contributed by atoms with Gasteiger partial charge in [0.05, 0.1) is 26.7 Å². The first kappa shape index (κ1) is 24.7. The lowest BCUT2D eigenvalue weighted by molar-refractivity contribution is -0.145. The fourth-order valence-electron chi connectivity index (χ4n) is 2.94. The summed E-state index contributed by atoms with van der Waals surface area (Å²) in [5.41, 5.74) is 1.54. The van der Waals surface area contributed by atoms with Crippen LogP contribution in [-0.4, -0.2) is 56.0 Å². The van der Waals surface area contributed by atoms with Gasteiger partial charge in [-0.3, -0.25) is 4.79 Å². The van der Waals surface area contributed by atoms with Crippen molar-refractivity contribution in [2.24, 2.45) is 0 Å². The van der Waals surface area contributed by atoms with Gasteiger partial charge in [0.15, 0.2) is 0 Å². The van der Waals surface area contributed by atoms with E-state index in [1.54, 1.807) is 24.3 Å². The van der Waals surface area contributed by atoms with Gasteiger partial charge in [-0.05, 0) is 17.2 Å². The van der Waals surface area contributed by atoms with Gasteiger partial charge in [0.2, 0.25) is 5.91 Å². The van der Waals surface area contributed by atoms with Crippen molar-refractivity contribution in [3.63, 3.8) is 0 Å². The number of amides is 2. The van der Waals surface area contributed by atoms with Crippen LogP contribution in [-0.2, 0) is 32.1 Å². The van der Waals surface area contributed by atoms with Gasteiger partial charge in [0.25, 0.3) is 0 Å². The van der Waals surface area contributed by atoms with Gasteiger partial charge in [0.1, 0.15) is 18.4 Å². The number of aliphatic hydroxyl groups is 1. The van der Waals surface area contributed by atoms with Crippen LogP contribution < -0.4 is 15.4 Å². The Bertz CT molecular complexity index is 889. The lowest BCUT2D eigenvalue weighted by Gasteiger charge is -2.19. The molecule has 32 heavy (non-hydrogen) atoms. The van der Waals surface area contributed by atoms with Crippen LogP contribution in [0.25, 0.3) is 0 Å². The molecule has 2 rings (SSSR count). The fourth-order valence-corrected chi connectivity index (χ4v) is 2.94. The van der Waals surface area contributed by atoms with Crippen LogP contribution in [0.3, 0.4) is 0 Å². The van der Waals surface area contributed by atoms with Crippen LogP contribution in [0.5, 0.6) is 5.75 Å². The van der Waals surface area contributed by atoms with E-state index in [0.717, 1.165) is 5.56 Å². The third kappa shape index (κ3) is 8.27. The van der Waals surface area contributed by atoms with E-state index in [9.17, 15) is 19.5 Å². The van der Waals surface area contributed by atoms with Gasteiger partial charge in [-0.15, -0.1) is 0 Å². The number of carbonyl (C=O) groups excluding carboxylic acids is 3. The normalized spacial score (nSPS) is 12.2. The second-order valence-electron chi connectivity index (χ2n) is 6.96. The fraction of sp³-hybridized carbons (Fsp3) is 0.348. The molecule has 0 saturated carbocycles. The third-order valence-corrected chi connectivity index (χ3v) is 4.55. The molecule has 0 aliphatic carbocycles. The van der Waals surface area contributed by atoms with Crippen molar-refractivity contribution < 1.29 is 33.7 Å². The number of rotatable bonds is 11. The highest BCUT2D eigenvalue weighted by molar-refractivity contribution is 5.85. The minimum Gasteiger partial charge on any atom is -0.496 e. The zero-order chi connectivity index (χ0) is 23.3. The molecular weight excluding hydrogens is 416 g/mol. The third-order valence-electron chi connectivity index (χ3n) is 4.55. The zero-order valence-electron chi connectivity index (χ0n) is 18.1. The number of hydrogen-bond donors (Lipinski definition) is 3. The molecule has 9 heteroatoms. The van der Waals surface area contributed by atoms with Crippen LogP contribution in [0.2, 0.25) is 0 Å². The Kier molecular flexibility index (Phi) is 9.99. The van der Waals surface area contributed by atoms with Crippen molar-refractivity contribution in [3.05, 3.63) is 65.7 Å². The van der Waals surface area contributed by atoms with Gasteiger partial charge in [0, 0.05) is 13.0 Å². The number of carbonyl (C=O) groups is 3. The Labute approximate surface area is 186 Å². The maximum Gasteiger partial charge on any atom is 0.407 e. The molecule has 0 radical (unpaired) electrons. The second kappa shape index (κ2) is 13.0. The Morgan fingerprint density at radius 2 is 1.69 bits per heavy atom. The molecule has 172 valence electrons. The number of methoxy groups -OCH3 is 2. The predicted octanol–water partition coefficient (Wildman–Crippen LogP) is 1.57. The van der Waals surface area contributed by atoms with Crippen molar-refractivity contribution in [2.75, 3.05) is 20.8 Å². The first-order valence-electron chi connectivity index (χ1n) is 10.0. The summed E-state index contributed by atoms with van der Waals surface area (Å²) < 4.78 is 15.1. The Morgan fingerprint density at radius 1 is 1.00 bits per heavy atom. The molecule has 2 atom stereocenters. The van der Waals surface area contributed by atoms with E-state index in [1.165, 1.54) is 14.2 Å². The number of alkyl carbamates (subject to hydrolysis) is 1. The molecular formula is C23H28N2O7. The summed E-state index contributed by atoms with van der Waals surface area (Å²) >= 11 is 0. The molecule has 0 heterocycles. The highest BCUT2D eigenvalue weighted by Gasteiger charge is 2.24. The summed E-state index contributed by atoms with van der Waals surface area (Å²) in [6, 6.07) is 15.3. The molecule has 0 fully saturated rings. The van der Waals surface area contributed by atoms with Crippen LogP contribution in [0.1, 0.15) is 17.5 Å². The Morgan fingerprint density at radius 3 is 2.38 bits per heavy atom. The SMILES string of the molecule is COC(=O)[C@@H](Cc1ccccc1OC)NC(=O)C[C@H](O)CNC(=O)OCc1ccccc1. The monoisotopic (exact) mass is 444 g/mol. The maximum atomic E-state index is 12.3. The van der Waals surface area contributed by atoms with Crippen LogP contribution >= 0.6 is 0 Å². The van der Waals surface area contributed by atoms with Gasteiger partial charge in [-0.1, -0.05) is 48.5 Å². The summed E-state index contributed by atoms with van der Waals surface area (Å²) in [4.78, 5) is 36.2. The van der Waals surface area contributed by atoms with Gasteiger partial charge < -0.3 is 30.0 Å². The molecule has 9 nitrogen and oxygen atoms in total. The quantitative estimate of drug-likeness (QED) is 0.450. The molecule has 0 aliphatic rings. The van der Waals surface area contributed by atoms with E-state index in [-0.39, 0.29) is 26.0 Å². The lowest BCUT2D eigenvalue weighted by Crippen LogP contribution is -2.45. The zero-order valence-corrected chi connectivity index (χ0v) is 18.1. The molecule has 2 aromatic carbocycles. The number of nitrogens with one attached hydrogen (secondary N) is 2. The van der Waals surface area contributed by atoms with Crippen LogP contribution in [0.4, 0.5) is 4.79 Å². The predicted molar refractivity (Wildman–Crippen MR) is 116 cm³/mol. The van der Waals surface area contributed by atoms with Gasteiger partial charge >= 0.3 is 12.1 Å². The molecule has 0 spiro atoms. The van der Waals surface area contributed by atoms with Gasteiger partial charge in [-0.25, -0.2) is 9.59 Å². The summed E-state index contributed by atoms with van der Waals surface area (Å²) in [7, 11) is 2.74. The Balaban J connectivity index is 1.81. The van der Waals surface area contributed by atoms with Crippen LogP contribution in [0, 0.1) is 0 Å². The first-order valence-corrected chi connectivity index (χ1v) is 10.0. The van der Waals surface area contributed by atoms with Crippen molar-refractivity contribution in [1.29, 1.82) is 0 Å². The summed E-state index contributed by atoms with van der Waals surface area (Å²) in [5, 5.41) is 15.0. The molecule has 2 amide bonds. The number of para-hydroxylation sites is 1. The number of ether oxygens (including phenoxy) is 3. The topological polar surface area (TPSA) is 123 Å². The lowest BCUT2D eigenvalue weighted by atomic mass is 10.0. The van der Waals surface area contributed by atoms with Crippen LogP contribution in [0.15, 0.2) is 54.6 Å². The van der Waals surface area contributed by atoms with E-state index < -0.39 is 30.1 Å². The van der Waals surface area contributed by atoms with Crippen molar-refractivity contribution in [1.82, 2.24) is 10.6 Å². The summed E-state index contributed by atoms with van der Waals surface area (Å²) in [6.07, 6.45) is -2.04. The summed E-state index contributed by atoms with van der Waals surface area (Å²) in [5.74, 6) is -0.613. The average Bonchev–Trinajstić information content (AvgIpc) is 2.81. The Hall–Kier alpha value is -3.59. The minimum atomic E-state index is -1.16. The number of hydrogen-bond acceptors (Lipinski definition) is 7. The summed E-state index contributed by atoms with van der Waals surface area (Å²) in [6.45, 7) is -0.0938. The number of benzene rings is 2. The molecule has 0 bridgehead atoms. The van der Waals surface area contributed by atoms with E-state index in [2.05, 4.69) is 10.6 Å². The first-order chi connectivity index (χ1) is 15.4. The molecule has 0 unspecified atom stereocenters. The number of aliphatic hydroxyl groups excluding tert-OH is 1. The smallest absolute Gasteiger partial charge is 0.407 e. The van der Waals surface area contributed by atoms with Crippen molar-refractivity contribution in [3.8, 4) is 5.75 Å². The highest BCUT2D eigenvalue weighted by Crippen LogP contribution is 2.19. The van der Waals surface area contributed by atoms with E-state index in [1.807, 2.05) is 30.3 Å². The van der Waals surface area contributed by atoms with Gasteiger partial charge in [-0.2, -0.15) is 0 Å². The highest BCUT2D eigenvalue weighted by atomic mass is 16.5. The maximum absolute atomic E-state index is 12.3. The molecule has 3 N–H and O–H groups in total. The van der Waals surface area contributed by atoms with E-state index >= 15 is 0 Å². The average molecular weight is 444 g/mol. The van der Waals surface area contributed by atoms with Crippen molar-refractivity contribution >= 4 is 18.0 Å². The number of esters is 1. The van der Waals surface area contributed by atoms with E-state index in [4.69, 9.17) is 14.2 Å². The van der Waals surface area contributed by atoms with E-state index in [0.29, 0.717) is 11.3 Å². The largest absolute Gasteiger partial charge is 0.496 e. The second-order valence-corrected chi connectivity index (χ2v) is 6.96. The minimum absolute atomic E-state index is 0.0903. The van der Waals surface area contributed by atoms with Crippen molar-refractivity contribution in [2.45, 2.75) is 31.6 Å². The molecule has 0 aliphatic heterocycles. The molecule has 0 aromatic heterocycles. The molecule has 2 aromatic rings. The molecule has 0 saturated heterocycles. The standard InChI is InChI=1S/C23H28N2O7/c1-30-20-11-7-6-10-17(20)12-19(22(28)31-2)25-21(27)13-18(26)14-24-23(29)32-15-16-8-4-3-5-9-16/h3-11,18-19,26H,12-15H2,1-2H3,(H,24,29)(H,25,27)/t18-,19+/m0/s1.